The Morgan fingerprint density at radius 2 is 0.515 bits per heavy atom. The summed E-state index contributed by atoms with van der Waals surface area (Å²) in [5, 5.41) is 19.1. The lowest BCUT2D eigenvalue weighted by Crippen LogP contribution is -2.85. The van der Waals surface area contributed by atoms with Gasteiger partial charge in [-0.3, -0.25) is 0 Å². The highest BCUT2D eigenvalue weighted by Crippen LogP contribution is 1.92. The standard InChI is InChI=1S/3C5H11N.3C4H10N/c3*1-2-4-6-5-3-1;3*1-3-5-4-2/h3*6H,1-5H2;3*3-4H2,1-2H3/q;;;3*-1/p+3. The number of piperidine rings is 3. The summed E-state index contributed by atoms with van der Waals surface area (Å²) >= 11 is 0. The lowest BCUT2D eigenvalue weighted by Gasteiger charge is -2.07. The van der Waals surface area contributed by atoms with Crippen LogP contribution in [0.4, 0.5) is 0 Å². The summed E-state index contributed by atoms with van der Waals surface area (Å²) in [6.07, 6.45) is 13.1. The lowest BCUT2D eigenvalue weighted by atomic mass is 10.2. The van der Waals surface area contributed by atoms with Gasteiger partial charge < -0.3 is 31.9 Å². The lowest BCUT2D eigenvalue weighted by molar-refractivity contribution is -0.662. The molecule has 3 heterocycles. The van der Waals surface area contributed by atoms with Crippen molar-refractivity contribution < 1.29 is 16.0 Å². The number of nitrogens with zero attached hydrogens (tertiary/aromatic N) is 3. The first-order valence-electron chi connectivity index (χ1n) is 14.6. The molecule has 3 fully saturated rings. The average molecular weight is 475 g/mol. The Hall–Kier alpha value is -0.240. The van der Waals surface area contributed by atoms with Crippen molar-refractivity contribution >= 4 is 0 Å². The molecule has 0 aliphatic carbocycles. The predicted molar refractivity (Wildman–Crippen MR) is 150 cm³/mol. The van der Waals surface area contributed by atoms with E-state index in [-0.39, 0.29) is 0 Å². The van der Waals surface area contributed by atoms with Crippen LogP contribution in [0.15, 0.2) is 0 Å². The second-order valence-corrected chi connectivity index (χ2v) is 8.35. The summed E-state index contributed by atoms with van der Waals surface area (Å²) < 4.78 is 0. The zero-order valence-electron chi connectivity index (χ0n) is 23.9. The van der Waals surface area contributed by atoms with Gasteiger partial charge in [-0.2, -0.15) is 39.3 Å². The van der Waals surface area contributed by atoms with Gasteiger partial charge in [-0.15, -0.1) is 0 Å². The molecule has 0 unspecified atom stereocenters. The topological polar surface area (TPSA) is 92.1 Å². The first kappa shape index (κ1) is 37.3. The third kappa shape index (κ3) is 49.8. The monoisotopic (exact) mass is 475 g/mol. The van der Waals surface area contributed by atoms with E-state index in [1.54, 1.807) is 0 Å². The first-order chi connectivity index (χ1) is 16.2. The highest BCUT2D eigenvalue weighted by Gasteiger charge is 1.98. The summed E-state index contributed by atoms with van der Waals surface area (Å²) in [4.78, 5) is 0. The van der Waals surface area contributed by atoms with Crippen molar-refractivity contribution in [1.82, 2.24) is 0 Å². The van der Waals surface area contributed by atoms with Crippen LogP contribution in [0.1, 0.15) is 99.3 Å². The molecule has 0 radical (unpaired) electrons. The molecule has 0 aromatic heterocycles. The highest BCUT2D eigenvalue weighted by molar-refractivity contribution is 4.71. The molecule has 0 saturated carbocycles. The molecule has 0 atom stereocenters. The molecule has 6 N–H and O–H groups in total. The number of quaternary nitrogens is 3. The molecule has 0 bridgehead atoms. The average Bonchev–Trinajstić information content (AvgIpc) is 2.90. The van der Waals surface area contributed by atoms with E-state index in [4.69, 9.17) is 0 Å². The van der Waals surface area contributed by atoms with Crippen molar-refractivity contribution in [3.63, 3.8) is 0 Å². The first-order valence-corrected chi connectivity index (χ1v) is 14.6. The van der Waals surface area contributed by atoms with Crippen molar-refractivity contribution in [3.8, 4) is 0 Å². The molecule has 33 heavy (non-hydrogen) atoms. The molecule has 204 valence electrons. The molecular weight excluding hydrogens is 408 g/mol. The van der Waals surface area contributed by atoms with Crippen LogP contribution in [0.2, 0.25) is 0 Å². The molecule has 0 aromatic rings. The van der Waals surface area contributed by atoms with Gasteiger partial charge in [0, 0.05) is 0 Å². The van der Waals surface area contributed by atoms with Crippen molar-refractivity contribution in [3.05, 3.63) is 16.0 Å². The van der Waals surface area contributed by atoms with E-state index in [2.05, 4.69) is 31.9 Å². The van der Waals surface area contributed by atoms with Crippen LogP contribution < -0.4 is 16.0 Å². The maximum absolute atomic E-state index is 3.97. The predicted octanol–water partition coefficient (Wildman–Crippen LogP) is 3.40. The fourth-order valence-corrected chi connectivity index (χ4v) is 3.37. The molecule has 0 aromatic carbocycles. The smallest absolute Gasteiger partial charge is 0.0755 e. The summed E-state index contributed by atoms with van der Waals surface area (Å²) in [6, 6.07) is 0. The van der Waals surface area contributed by atoms with E-state index in [1.165, 1.54) is 97.1 Å². The second-order valence-electron chi connectivity index (χ2n) is 8.35. The highest BCUT2D eigenvalue weighted by atomic mass is 14.9. The second kappa shape index (κ2) is 42.0. The number of hydrogen-bond donors (Lipinski definition) is 3. The maximum Gasteiger partial charge on any atom is 0.0755 e. The maximum atomic E-state index is 3.97. The Kier molecular flexibility index (Phi) is 47.4. The van der Waals surface area contributed by atoms with Crippen molar-refractivity contribution in [1.29, 1.82) is 0 Å². The van der Waals surface area contributed by atoms with E-state index in [0.717, 1.165) is 39.3 Å². The van der Waals surface area contributed by atoms with Gasteiger partial charge in [0.05, 0.1) is 39.3 Å². The normalized spacial score (nSPS) is 16.9. The summed E-state index contributed by atoms with van der Waals surface area (Å²) in [5.74, 6) is 0. The minimum Gasteiger partial charge on any atom is -0.663 e. The SMILES string of the molecule is C1CC[NH2+]CC1.C1CC[NH2+]CC1.C1CC[NH2+]CC1.CC[N-]CC.CC[N-]CC.CC[N-]CC. The minimum absolute atomic E-state index is 0.969. The summed E-state index contributed by atoms with van der Waals surface area (Å²) in [5.41, 5.74) is 0. The van der Waals surface area contributed by atoms with Crippen LogP contribution in [-0.2, 0) is 0 Å². The van der Waals surface area contributed by atoms with Gasteiger partial charge in [0.15, 0.2) is 0 Å². The van der Waals surface area contributed by atoms with Gasteiger partial charge in [-0.25, -0.2) is 0 Å². The van der Waals surface area contributed by atoms with E-state index < -0.39 is 0 Å². The zero-order chi connectivity index (χ0) is 25.1. The number of rotatable bonds is 6. The Morgan fingerprint density at radius 3 is 0.545 bits per heavy atom. The van der Waals surface area contributed by atoms with Gasteiger partial charge in [-0.05, 0) is 57.8 Å². The Balaban J connectivity index is -0.000000329. The van der Waals surface area contributed by atoms with Crippen molar-refractivity contribution in [2.75, 3.05) is 78.5 Å². The van der Waals surface area contributed by atoms with Crippen LogP contribution in [0.5, 0.6) is 0 Å². The van der Waals surface area contributed by atoms with Crippen LogP contribution in [0, 0.1) is 0 Å². The zero-order valence-corrected chi connectivity index (χ0v) is 23.9. The van der Waals surface area contributed by atoms with Gasteiger partial charge in [-0.1, -0.05) is 41.5 Å². The van der Waals surface area contributed by atoms with Crippen LogP contribution in [-0.4, -0.2) is 78.5 Å². The van der Waals surface area contributed by atoms with E-state index in [0.29, 0.717) is 0 Å². The Morgan fingerprint density at radius 1 is 0.333 bits per heavy atom. The fourth-order valence-electron chi connectivity index (χ4n) is 3.37. The van der Waals surface area contributed by atoms with Crippen LogP contribution in [0.25, 0.3) is 16.0 Å². The summed E-state index contributed by atoms with van der Waals surface area (Å²) in [7, 11) is 0. The fraction of sp³-hybridized carbons (Fsp3) is 1.00. The Bertz CT molecular complexity index is 184. The Labute approximate surface area is 210 Å². The number of hydrogen-bond acceptors (Lipinski definition) is 0. The molecule has 0 spiro atoms. The largest absolute Gasteiger partial charge is 0.663 e. The molecule has 3 aliphatic heterocycles. The van der Waals surface area contributed by atoms with E-state index in [9.17, 15) is 0 Å². The van der Waals surface area contributed by atoms with Gasteiger partial charge in [0.1, 0.15) is 0 Å². The number of nitrogens with two attached hydrogens (primary N) is 3. The molecule has 6 nitrogen and oxygen atoms in total. The van der Waals surface area contributed by atoms with E-state index in [1.807, 2.05) is 41.5 Å². The van der Waals surface area contributed by atoms with Gasteiger partial charge in [0.2, 0.25) is 0 Å². The van der Waals surface area contributed by atoms with Crippen molar-refractivity contribution in [2.24, 2.45) is 0 Å². The molecule has 3 aliphatic rings. The minimum atomic E-state index is 0.969. The molecule has 3 saturated heterocycles. The molecule has 0 amide bonds. The van der Waals surface area contributed by atoms with Gasteiger partial charge in [0.25, 0.3) is 0 Å². The van der Waals surface area contributed by atoms with Gasteiger partial charge >= 0.3 is 0 Å². The third-order valence-corrected chi connectivity index (χ3v) is 5.29. The van der Waals surface area contributed by atoms with E-state index >= 15 is 0 Å². The summed E-state index contributed by atoms with van der Waals surface area (Å²) in [6.45, 7) is 26.3. The van der Waals surface area contributed by atoms with Crippen LogP contribution >= 0.6 is 0 Å². The third-order valence-electron chi connectivity index (χ3n) is 5.29. The quantitative estimate of drug-likeness (QED) is 0.526. The van der Waals surface area contributed by atoms with Crippen LogP contribution in [0.3, 0.4) is 0 Å². The molecule has 6 heteroatoms. The molecular formula is C27H66N6. The molecule has 3 rings (SSSR count). The van der Waals surface area contributed by atoms with Crippen molar-refractivity contribution in [2.45, 2.75) is 99.3 Å².